The highest BCUT2D eigenvalue weighted by atomic mass is 127. The van der Waals surface area contributed by atoms with Gasteiger partial charge in [-0.15, -0.1) is 0 Å². The molecular weight excluding hydrogens is 579 g/mol. The number of aromatic nitrogens is 2. The fourth-order valence-electron chi connectivity index (χ4n) is 4.93. The van der Waals surface area contributed by atoms with E-state index in [0.29, 0.717) is 5.82 Å². The SMILES string of the molecule is Ic1cc(-c2ccc3oc4ccccc4c3c2)nc(-c2cc(-c3ccccc3)cc(-c3ccccc3)c2)n1. The van der Waals surface area contributed by atoms with Crippen molar-refractivity contribution in [2.45, 2.75) is 0 Å². The summed E-state index contributed by atoms with van der Waals surface area (Å²) < 4.78 is 6.93. The van der Waals surface area contributed by atoms with Gasteiger partial charge >= 0.3 is 0 Å². The topological polar surface area (TPSA) is 38.9 Å². The van der Waals surface area contributed by atoms with Crippen molar-refractivity contribution in [1.82, 2.24) is 9.97 Å². The van der Waals surface area contributed by atoms with E-state index < -0.39 is 0 Å². The summed E-state index contributed by atoms with van der Waals surface area (Å²) in [5.41, 5.74) is 9.27. The highest BCUT2D eigenvalue weighted by Crippen LogP contribution is 2.35. The Hall–Kier alpha value is -4.29. The van der Waals surface area contributed by atoms with Crippen molar-refractivity contribution in [2.75, 3.05) is 0 Å². The van der Waals surface area contributed by atoms with Gasteiger partial charge in [-0.05, 0) is 93.4 Å². The van der Waals surface area contributed by atoms with Crippen LogP contribution in [0.25, 0.3) is 66.8 Å². The minimum Gasteiger partial charge on any atom is -0.456 e. The van der Waals surface area contributed by atoms with E-state index in [1.807, 2.05) is 42.5 Å². The number of halogens is 1. The van der Waals surface area contributed by atoms with E-state index in [9.17, 15) is 0 Å². The molecule has 0 fully saturated rings. The van der Waals surface area contributed by atoms with E-state index in [1.165, 1.54) is 0 Å². The highest BCUT2D eigenvalue weighted by molar-refractivity contribution is 14.1. The smallest absolute Gasteiger partial charge is 0.160 e. The minimum absolute atomic E-state index is 0.707. The van der Waals surface area contributed by atoms with Crippen molar-refractivity contribution in [3.8, 4) is 44.9 Å². The monoisotopic (exact) mass is 600 g/mol. The van der Waals surface area contributed by atoms with Gasteiger partial charge in [0.05, 0.1) is 5.69 Å². The van der Waals surface area contributed by atoms with Crippen molar-refractivity contribution in [2.24, 2.45) is 0 Å². The van der Waals surface area contributed by atoms with Gasteiger partial charge in [-0.3, -0.25) is 0 Å². The van der Waals surface area contributed by atoms with Crippen LogP contribution >= 0.6 is 22.6 Å². The first-order valence-corrected chi connectivity index (χ1v) is 13.5. The second kappa shape index (κ2) is 9.54. The predicted octanol–water partition coefficient (Wildman–Crippen LogP) is 9.65. The second-order valence-corrected chi connectivity index (χ2v) is 10.3. The average molecular weight is 600 g/mol. The maximum absolute atomic E-state index is 6.04. The normalized spacial score (nSPS) is 11.3. The molecular formula is C34H21IN2O. The number of furan rings is 1. The molecule has 2 heterocycles. The number of hydrogen-bond acceptors (Lipinski definition) is 3. The zero-order valence-corrected chi connectivity index (χ0v) is 22.5. The molecule has 7 aromatic rings. The summed E-state index contributed by atoms with van der Waals surface area (Å²) in [6, 6.07) is 44.0. The van der Waals surface area contributed by atoms with Crippen molar-refractivity contribution in [1.29, 1.82) is 0 Å². The van der Waals surface area contributed by atoms with E-state index >= 15 is 0 Å². The van der Waals surface area contributed by atoms with Gasteiger partial charge in [0.1, 0.15) is 14.9 Å². The van der Waals surface area contributed by atoms with E-state index in [4.69, 9.17) is 14.4 Å². The van der Waals surface area contributed by atoms with Gasteiger partial charge in [-0.2, -0.15) is 0 Å². The maximum atomic E-state index is 6.04. The molecule has 5 aromatic carbocycles. The molecule has 38 heavy (non-hydrogen) atoms. The molecule has 2 aromatic heterocycles. The maximum Gasteiger partial charge on any atom is 0.160 e. The third-order valence-electron chi connectivity index (χ3n) is 6.77. The summed E-state index contributed by atoms with van der Waals surface area (Å²) in [5.74, 6) is 0.707. The lowest BCUT2D eigenvalue weighted by molar-refractivity contribution is 0.669. The molecule has 0 amide bonds. The molecule has 7 rings (SSSR count). The Morgan fingerprint density at radius 1 is 0.447 bits per heavy atom. The van der Waals surface area contributed by atoms with E-state index in [2.05, 4.69) is 108 Å². The Labute approximate surface area is 234 Å². The van der Waals surface area contributed by atoms with Crippen LogP contribution in [0.5, 0.6) is 0 Å². The standard InChI is InChI=1S/C34H21IN2O/c35-33-21-30(24-15-16-32-29(20-24)28-13-7-8-14-31(28)38-32)36-34(37-33)27-18-25(22-9-3-1-4-10-22)17-26(19-27)23-11-5-2-6-12-23/h1-21H. The van der Waals surface area contributed by atoms with Crippen molar-refractivity contribution in [3.63, 3.8) is 0 Å². The van der Waals surface area contributed by atoms with Crippen LogP contribution in [0.3, 0.4) is 0 Å². The van der Waals surface area contributed by atoms with Gasteiger partial charge in [0.15, 0.2) is 5.82 Å². The Morgan fingerprint density at radius 3 is 1.76 bits per heavy atom. The van der Waals surface area contributed by atoms with Gasteiger partial charge in [-0.1, -0.05) is 78.9 Å². The fraction of sp³-hybridized carbons (Fsp3) is 0. The molecule has 0 bridgehead atoms. The van der Waals surface area contributed by atoms with Crippen LogP contribution in [-0.2, 0) is 0 Å². The Morgan fingerprint density at radius 2 is 1.05 bits per heavy atom. The second-order valence-electron chi connectivity index (χ2n) is 9.24. The Kier molecular flexibility index (Phi) is 5.74. The molecule has 0 aliphatic carbocycles. The number of benzene rings is 5. The molecule has 180 valence electrons. The Bertz CT molecular complexity index is 1870. The zero-order valence-electron chi connectivity index (χ0n) is 20.3. The molecule has 3 nitrogen and oxygen atoms in total. The highest BCUT2D eigenvalue weighted by Gasteiger charge is 2.14. The lowest BCUT2D eigenvalue weighted by Crippen LogP contribution is -1.96. The number of hydrogen-bond donors (Lipinski definition) is 0. The van der Waals surface area contributed by atoms with Gasteiger partial charge in [0.2, 0.25) is 0 Å². The lowest BCUT2D eigenvalue weighted by atomic mass is 9.96. The molecule has 0 N–H and O–H groups in total. The van der Waals surface area contributed by atoms with Crippen LogP contribution in [0.4, 0.5) is 0 Å². The fourth-order valence-corrected chi connectivity index (χ4v) is 5.45. The van der Waals surface area contributed by atoms with Crippen molar-refractivity contribution in [3.05, 3.63) is 131 Å². The van der Waals surface area contributed by atoms with E-state index in [0.717, 1.165) is 64.7 Å². The Balaban J connectivity index is 1.39. The number of fused-ring (bicyclic) bond motifs is 3. The summed E-state index contributed by atoms with van der Waals surface area (Å²) >= 11 is 2.29. The van der Waals surface area contributed by atoms with Crippen LogP contribution in [-0.4, -0.2) is 9.97 Å². The zero-order chi connectivity index (χ0) is 25.5. The summed E-state index contributed by atoms with van der Waals surface area (Å²) in [6.07, 6.45) is 0. The largest absolute Gasteiger partial charge is 0.456 e. The van der Waals surface area contributed by atoms with E-state index in [1.54, 1.807) is 0 Å². The van der Waals surface area contributed by atoms with Crippen LogP contribution < -0.4 is 0 Å². The number of para-hydroxylation sites is 1. The summed E-state index contributed by atoms with van der Waals surface area (Å²) in [7, 11) is 0. The quantitative estimate of drug-likeness (QED) is 0.149. The van der Waals surface area contributed by atoms with Gasteiger partial charge in [-0.25, -0.2) is 9.97 Å². The molecule has 0 saturated heterocycles. The molecule has 0 spiro atoms. The van der Waals surface area contributed by atoms with Gasteiger partial charge in [0, 0.05) is 21.9 Å². The van der Waals surface area contributed by atoms with E-state index in [-0.39, 0.29) is 0 Å². The van der Waals surface area contributed by atoms with Crippen molar-refractivity contribution < 1.29 is 4.42 Å². The summed E-state index contributed by atoms with van der Waals surface area (Å²) in [6.45, 7) is 0. The molecule has 0 unspecified atom stereocenters. The van der Waals surface area contributed by atoms with Crippen LogP contribution in [0.2, 0.25) is 0 Å². The first-order valence-electron chi connectivity index (χ1n) is 12.4. The molecule has 0 atom stereocenters. The molecule has 0 saturated carbocycles. The minimum atomic E-state index is 0.707. The van der Waals surface area contributed by atoms with Gasteiger partial charge < -0.3 is 4.42 Å². The first kappa shape index (κ1) is 22.9. The lowest BCUT2D eigenvalue weighted by Gasteiger charge is -2.12. The van der Waals surface area contributed by atoms with Crippen molar-refractivity contribution >= 4 is 44.5 Å². The predicted molar refractivity (Wildman–Crippen MR) is 164 cm³/mol. The average Bonchev–Trinajstić information content (AvgIpc) is 3.35. The number of rotatable bonds is 4. The molecule has 0 aliphatic rings. The third-order valence-corrected chi connectivity index (χ3v) is 7.33. The van der Waals surface area contributed by atoms with Crippen LogP contribution in [0.15, 0.2) is 132 Å². The number of nitrogens with zero attached hydrogens (tertiary/aromatic N) is 2. The molecule has 4 heteroatoms. The molecule has 0 aliphatic heterocycles. The van der Waals surface area contributed by atoms with Crippen LogP contribution in [0.1, 0.15) is 0 Å². The molecule has 0 radical (unpaired) electrons. The summed E-state index contributed by atoms with van der Waals surface area (Å²) in [5, 5.41) is 2.20. The summed E-state index contributed by atoms with van der Waals surface area (Å²) in [4.78, 5) is 9.93. The first-order chi connectivity index (χ1) is 18.7. The van der Waals surface area contributed by atoms with Crippen LogP contribution in [0, 0.1) is 3.70 Å². The third kappa shape index (κ3) is 4.27. The van der Waals surface area contributed by atoms with Gasteiger partial charge in [0.25, 0.3) is 0 Å².